The predicted molar refractivity (Wildman–Crippen MR) is 89.3 cm³/mol. The van der Waals surface area contributed by atoms with Crippen molar-refractivity contribution >= 4 is 0 Å². The third kappa shape index (κ3) is 3.18. The van der Waals surface area contributed by atoms with E-state index in [1.807, 2.05) is 30.3 Å². The Hall–Kier alpha value is -2.22. The molecule has 0 aliphatic carbocycles. The van der Waals surface area contributed by atoms with E-state index < -0.39 is 11.9 Å². The smallest absolute Gasteiger partial charge is 0.330 e. The lowest BCUT2D eigenvalue weighted by Gasteiger charge is -2.20. The van der Waals surface area contributed by atoms with Crippen LogP contribution in [0.25, 0.3) is 0 Å². The van der Waals surface area contributed by atoms with E-state index in [0.717, 1.165) is 5.56 Å². The summed E-state index contributed by atoms with van der Waals surface area (Å²) in [5.74, 6) is 0. The van der Waals surface area contributed by atoms with Gasteiger partial charge in [-0.3, -0.25) is 14.3 Å². The van der Waals surface area contributed by atoms with Crippen LogP contribution in [0.3, 0.4) is 0 Å². The van der Waals surface area contributed by atoms with Gasteiger partial charge in [0.15, 0.2) is 0 Å². The Morgan fingerprint density at radius 2 is 2.08 bits per heavy atom. The molecule has 0 saturated carbocycles. The van der Waals surface area contributed by atoms with E-state index in [2.05, 4.69) is 4.98 Å². The zero-order valence-electron chi connectivity index (χ0n) is 13.9. The van der Waals surface area contributed by atoms with Crippen LogP contribution in [0, 0.1) is 6.92 Å². The molecular formula is C18H20N2O5. The molecule has 2 aromatic rings. The summed E-state index contributed by atoms with van der Waals surface area (Å²) in [6, 6.07) is 9.93. The number of aryl methyl sites for hydroxylation is 1. The van der Waals surface area contributed by atoms with Crippen LogP contribution < -0.4 is 11.2 Å². The molecule has 2 saturated heterocycles. The van der Waals surface area contributed by atoms with Crippen LogP contribution in [0.15, 0.2) is 46.1 Å². The van der Waals surface area contributed by atoms with Crippen LogP contribution in [-0.2, 0) is 20.8 Å². The van der Waals surface area contributed by atoms with Crippen molar-refractivity contribution in [3.05, 3.63) is 68.5 Å². The van der Waals surface area contributed by atoms with Gasteiger partial charge in [0, 0.05) is 18.2 Å². The SMILES string of the molecule is Cc1cn([C@H]2C[C@H]3OC[C@@H](OCc4ccccc4)[C@H]3O2)c(=O)[nH]c1=O. The number of aromatic nitrogens is 2. The topological polar surface area (TPSA) is 82.6 Å². The molecule has 4 atom stereocenters. The minimum absolute atomic E-state index is 0.107. The van der Waals surface area contributed by atoms with E-state index in [0.29, 0.717) is 25.2 Å². The lowest BCUT2D eigenvalue weighted by molar-refractivity contribution is -0.0803. The maximum Gasteiger partial charge on any atom is 0.330 e. The molecule has 25 heavy (non-hydrogen) atoms. The van der Waals surface area contributed by atoms with Crippen molar-refractivity contribution in [2.24, 2.45) is 0 Å². The first-order valence-corrected chi connectivity index (χ1v) is 8.36. The van der Waals surface area contributed by atoms with Gasteiger partial charge in [0.05, 0.1) is 19.3 Å². The maximum atomic E-state index is 12.0. The number of H-pyrrole nitrogens is 1. The molecule has 3 heterocycles. The van der Waals surface area contributed by atoms with Gasteiger partial charge in [-0.1, -0.05) is 30.3 Å². The van der Waals surface area contributed by atoms with E-state index in [-0.39, 0.29) is 23.9 Å². The Kier molecular flexibility index (Phi) is 4.29. The highest BCUT2D eigenvalue weighted by molar-refractivity contribution is 5.13. The highest BCUT2D eigenvalue weighted by atomic mass is 16.6. The van der Waals surface area contributed by atoms with Crippen molar-refractivity contribution in [2.45, 2.75) is 44.5 Å². The number of hydrogen-bond acceptors (Lipinski definition) is 5. The standard InChI is InChI=1S/C18H20N2O5/c1-11-8-20(18(22)19-17(11)21)15-7-13-16(25-15)14(10-24-13)23-9-12-5-3-2-4-6-12/h2-6,8,13-16H,7,9-10H2,1H3,(H,19,21,22)/t13-,14-,15-,16+/m1/s1. The summed E-state index contributed by atoms with van der Waals surface area (Å²) < 4.78 is 19.2. The number of hydrogen-bond donors (Lipinski definition) is 1. The molecule has 7 nitrogen and oxygen atoms in total. The Morgan fingerprint density at radius 1 is 1.28 bits per heavy atom. The zero-order valence-corrected chi connectivity index (χ0v) is 13.9. The largest absolute Gasteiger partial charge is 0.372 e. The van der Waals surface area contributed by atoms with Crippen molar-refractivity contribution in [1.82, 2.24) is 9.55 Å². The van der Waals surface area contributed by atoms with E-state index in [1.165, 1.54) is 10.8 Å². The van der Waals surface area contributed by atoms with E-state index in [1.54, 1.807) is 6.92 Å². The molecule has 1 aromatic heterocycles. The number of benzene rings is 1. The van der Waals surface area contributed by atoms with Gasteiger partial charge in [-0.2, -0.15) is 0 Å². The van der Waals surface area contributed by atoms with Crippen molar-refractivity contribution in [1.29, 1.82) is 0 Å². The third-order valence-corrected chi connectivity index (χ3v) is 4.72. The quantitative estimate of drug-likeness (QED) is 0.899. The molecule has 0 spiro atoms. The highest BCUT2D eigenvalue weighted by Crippen LogP contribution is 2.36. The first kappa shape index (κ1) is 16.3. The molecule has 1 aromatic carbocycles. The average Bonchev–Trinajstić information content (AvgIpc) is 3.18. The highest BCUT2D eigenvalue weighted by Gasteiger charge is 2.47. The summed E-state index contributed by atoms with van der Waals surface area (Å²) in [4.78, 5) is 25.9. The van der Waals surface area contributed by atoms with Gasteiger partial charge in [-0.05, 0) is 12.5 Å². The average molecular weight is 344 g/mol. The van der Waals surface area contributed by atoms with Gasteiger partial charge in [0.2, 0.25) is 0 Å². The van der Waals surface area contributed by atoms with Crippen LogP contribution in [-0.4, -0.2) is 34.5 Å². The first-order chi connectivity index (χ1) is 12.1. The summed E-state index contributed by atoms with van der Waals surface area (Å²) in [5.41, 5.74) is 0.716. The Balaban J connectivity index is 1.45. The van der Waals surface area contributed by atoms with E-state index in [9.17, 15) is 9.59 Å². The predicted octanol–water partition coefficient (Wildman–Crippen LogP) is 1.12. The summed E-state index contributed by atoms with van der Waals surface area (Å²) in [5, 5.41) is 0. The van der Waals surface area contributed by atoms with Gasteiger partial charge < -0.3 is 14.2 Å². The Morgan fingerprint density at radius 3 is 2.88 bits per heavy atom. The van der Waals surface area contributed by atoms with Gasteiger partial charge >= 0.3 is 5.69 Å². The summed E-state index contributed by atoms with van der Waals surface area (Å²) in [6.45, 7) is 2.63. The van der Waals surface area contributed by atoms with Gasteiger partial charge in [0.1, 0.15) is 18.4 Å². The fourth-order valence-electron chi connectivity index (χ4n) is 3.36. The number of ether oxygens (including phenoxy) is 3. The molecule has 2 aliphatic heterocycles. The van der Waals surface area contributed by atoms with Crippen LogP contribution in [0.1, 0.15) is 23.8 Å². The second kappa shape index (κ2) is 6.59. The van der Waals surface area contributed by atoms with Crippen LogP contribution in [0.2, 0.25) is 0 Å². The van der Waals surface area contributed by atoms with Crippen molar-refractivity contribution in [2.75, 3.05) is 6.61 Å². The van der Waals surface area contributed by atoms with E-state index in [4.69, 9.17) is 14.2 Å². The first-order valence-electron chi connectivity index (χ1n) is 8.36. The molecule has 1 N–H and O–H groups in total. The monoisotopic (exact) mass is 344 g/mol. The molecular weight excluding hydrogens is 324 g/mol. The maximum absolute atomic E-state index is 12.0. The second-order valence-electron chi connectivity index (χ2n) is 6.48. The van der Waals surface area contributed by atoms with Gasteiger partial charge in [-0.25, -0.2) is 4.79 Å². The molecule has 4 rings (SSSR count). The second-order valence-corrected chi connectivity index (χ2v) is 6.48. The molecule has 0 amide bonds. The van der Waals surface area contributed by atoms with Crippen LogP contribution in [0.5, 0.6) is 0 Å². The number of nitrogens with one attached hydrogen (secondary N) is 1. The number of fused-ring (bicyclic) bond motifs is 1. The third-order valence-electron chi connectivity index (χ3n) is 4.72. The summed E-state index contributed by atoms with van der Waals surface area (Å²) in [6.07, 6.45) is 1.14. The Bertz CT molecular complexity index is 860. The van der Waals surface area contributed by atoms with Gasteiger partial charge in [-0.15, -0.1) is 0 Å². The Labute approximate surface area is 144 Å². The molecule has 0 radical (unpaired) electrons. The minimum atomic E-state index is -0.470. The van der Waals surface area contributed by atoms with E-state index >= 15 is 0 Å². The van der Waals surface area contributed by atoms with Gasteiger partial charge in [0.25, 0.3) is 5.56 Å². The van der Waals surface area contributed by atoms with Crippen LogP contribution in [0.4, 0.5) is 0 Å². The molecule has 7 heteroatoms. The number of nitrogens with zero attached hydrogens (tertiary/aromatic N) is 1. The molecule has 132 valence electrons. The molecule has 2 aliphatic rings. The minimum Gasteiger partial charge on any atom is -0.372 e. The fourth-order valence-corrected chi connectivity index (χ4v) is 3.36. The van der Waals surface area contributed by atoms with Crippen LogP contribution >= 0.6 is 0 Å². The zero-order chi connectivity index (χ0) is 17.4. The molecule has 0 unspecified atom stereocenters. The van der Waals surface area contributed by atoms with Crippen molar-refractivity contribution in [3.63, 3.8) is 0 Å². The molecule has 2 fully saturated rings. The lowest BCUT2D eigenvalue weighted by Crippen LogP contribution is -2.34. The lowest BCUT2D eigenvalue weighted by atomic mass is 10.1. The normalized spacial score (nSPS) is 28.2. The summed E-state index contributed by atoms with van der Waals surface area (Å²) in [7, 11) is 0. The number of aromatic amines is 1. The summed E-state index contributed by atoms with van der Waals surface area (Å²) >= 11 is 0. The van der Waals surface area contributed by atoms with Crippen molar-refractivity contribution < 1.29 is 14.2 Å². The van der Waals surface area contributed by atoms with Crippen molar-refractivity contribution in [3.8, 4) is 0 Å². The fraction of sp³-hybridized carbons (Fsp3) is 0.444. The molecule has 0 bridgehead atoms. The number of rotatable bonds is 4.